The minimum atomic E-state index is -0.484. The van der Waals surface area contributed by atoms with Gasteiger partial charge in [-0.15, -0.1) is 0 Å². The first-order valence-electron chi connectivity index (χ1n) is 11.3. The zero-order chi connectivity index (χ0) is 25.0. The third kappa shape index (κ3) is 3.72. The van der Waals surface area contributed by atoms with Crippen LogP contribution in [0.2, 0.25) is 0 Å². The number of aromatic nitrogens is 5. The number of carbonyl (C=O) groups excluding carboxylic acids is 1. The number of nitrogens with one attached hydrogen (secondary N) is 2. The van der Waals surface area contributed by atoms with Crippen molar-refractivity contribution < 1.29 is 13.9 Å². The highest BCUT2D eigenvalue weighted by atomic mass is 19.1. The number of amides is 1. The van der Waals surface area contributed by atoms with E-state index in [-0.39, 0.29) is 23.9 Å². The number of halogens is 1. The lowest BCUT2D eigenvalue weighted by Gasteiger charge is -2.22. The molecule has 182 valence electrons. The van der Waals surface area contributed by atoms with Crippen LogP contribution in [0.4, 0.5) is 16.0 Å². The summed E-state index contributed by atoms with van der Waals surface area (Å²) in [7, 11) is 1.97. The lowest BCUT2D eigenvalue weighted by Crippen LogP contribution is -2.34. The van der Waals surface area contributed by atoms with Crippen LogP contribution in [0.5, 0.6) is 5.88 Å². The Morgan fingerprint density at radius 2 is 1.97 bits per heavy atom. The van der Waals surface area contributed by atoms with E-state index in [0.29, 0.717) is 28.4 Å². The first kappa shape index (κ1) is 22.6. The standard InChI is InChI=1S/C24H27FN8O2/c1-11-6-17(14(4)32(11)5)19-20(26)33-22-18(10-29-33)23(34)27-8-12(2)35-24-16(7-15(25)9-28-24)13(3)30-21(19)31-22/h6-7,9-10,12-13H,8,26H2,1-5H3,(H,27,34)(H,30,31). The molecule has 0 saturated heterocycles. The molecule has 5 heterocycles. The molecule has 1 amide bonds. The third-order valence-electron chi connectivity index (χ3n) is 6.50. The van der Waals surface area contributed by atoms with Crippen molar-refractivity contribution in [1.82, 2.24) is 29.5 Å². The van der Waals surface area contributed by atoms with Gasteiger partial charge in [0.15, 0.2) is 5.65 Å². The second-order valence-corrected chi connectivity index (χ2v) is 8.91. The van der Waals surface area contributed by atoms with E-state index in [9.17, 15) is 9.18 Å². The van der Waals surface area contributed by atoms with Gasteiger partial charge in [-0.25, -0.2) is 14.4 Å². The Balaban J connectivity index is 1.78. The monoisotopic (exact) mass is 478 g/mol. The van der Waals surface area contributed by atoms with Crippen LogP contribution in [0.25, 0.3) is 16.8 Å². The number of nitrogens with zero attached hydrogens (tertiary/aromatic N) is 5. The van der Waals surface area contributed by atoms with E-state index in [2.05, 4.69) is 25.3 Å². The van der Waals surface area contributed by atoms with Gasteiger partial charge in [-0.2, -0.15) is 9.61 Å². The summed E-state index contributed by atoms with van der Waals surface area (Å²) in [4.78, 5) is 21.9. The SMILES string of the molecule is Cc1cc(-c2c3nc4c(cnn4c2N)C(=O)NCC(C)Oc2ncc(F)cc2C(C)N3)c(C)n1C. The third-order valence-corrected chi connectivity index (χ3v) is 6.50. The summed E-state index contributed by atoms with van der Waals surface area (Å²) in [5.74, 6) is 0.204. The molecule has 1 aliphatic rings. The van der Waals surface area contributed by atoms with E-state index in [1.165, 1.54) is 16.8 Å². The van der Waals surface area contributed by atoms with Crippen LogP contribution in [-0.2, 0) is 7.05 Å². The van der Waals surface area contributed by atoms with Crippen molar-refractivity contribution in [3.8, 4) is 17.0 Å². The van der Waals surface area contributed by atoms with Gasteiger partial charge in [0.2, 0.25) is 5.88 Å². The summed E-state index contributed by atoms with van der Waals surface area (Å²) in [6, 6.07) is 2.96. The van der Waals surface area contributed by atoms with Crippen molar-refractivity contribution in [3.63, 3.8) is 0 Å². The van der Waals surface area contributed by atoms with Crippen LogP contribution in [-0.4, -0.2) is 42.7 Å². The normalized spacial score (nSPS) is 18.2. The lowest BCUT2D eigenvalue weighted by atomic mass is 10.1. The van der Waals surface area contributed by atoms with Crippen molar-refractivity contribution in [2.75, 3.05) is 17.6 Å². The largest absolute Gasteiger partial charge is 0.473 e. The van der Waals surface area contributed by atoms with Gasteiger partial charge in [-0.3, -0.25) is 4.79 Å². The highest BCUT2D eigenvalue weighted by Crippen LogP contribution is 2.39. The molecule has 1 aliphatic heterocycles. The molecule has 0 fully saturated rings. The Hall–Kier alpha value is -4.15. The van der Waals surface area contributed by atoms with Crippen LogP contribution in [0, 0.1) is 19.7 Å². The van der Waals surface area contributed by atoms with Crippen LogP contribution in [0.15, 0.2) is 24.5 Å². The molecule has 0 spiro atoms. The summed E-state index contributed by atoms with van der Waals surface area (Å²) in [5, 5.41) is 10.6. The fourth-order valence-electron chi connectivity index (χ4n) is 4.35. The van der Waals surface area contributed by atoms with Gasteiger partial charge in [0.1, 0.15) is 29.1 Å². The van der Waals surface area contributed by atoms with Gasteiger partial charge in [0.05, 0.1) is 30.5 Å². The van der Waals surface area contributed by atoms with Crippen molar-refractivity contribution in [3.05, 3.63) is 52.9 Å². The second kappa shape index (κ2) is 8.26. The number of nitrogens with two attached hydrogens (primary N) is 1. The Kier molecular flexibility index (Phi) is 5.34. The van der Waals surface area contributed by atoms with Crippen LogP contribution >= 0.6 is 0 Å². The number of pyridine rings is 1. The highest BCUT2D eigenvalue weighted by molar-refractivity contribution is 6.01. The Labute approximate surface area is 201 Å². The van der Waals surface area contributed by atoms with E-state index in [1.807, 2.05) is 33.9 Å². The number of carbonyl (C=O) groups is 1. The minimum Gasteiger partial charge on any atom is -0.473 e. The number of hydrogen-bond donors (Lipinski definition) is 3. The molecular weight excluding hydrogens is 451 g/mol. The first-order valence-corrected chi connectivity index (χ1v) is 11.3. The summed E-state index contributed by atoms with van der Waals surface area (Å²) in [6.07, 6.45) is 2.14. The molecule has 10 nitrogen and oxygen atoms in total. The minimum absolute atomic E-state index is 0.208. The average molecular weight is 479 g/mol. The molecule has 0 aromatic carbocycles. The summed E-state index contributed by atoms with van der Waals surface area (Å²) >= 11 is 0. The predicted molar refractivity (Wildman–Crippen MR) is 130 cm³/mol. The van der Waals surface area contributed by atoms with Gasteiger partial charge in [0.25, 0.3) is 5.91 Å². The molecule has 2 bridgehead atoms. The van der Waals surface area contributed by atoms with E-state index in [4.69, 9.17) is 15.5 Å². The van der Waals surface area contributed by atoms with Crippen molar-refractivity contribution in [2.45, 2.75) is 39.8 Å². The molecule has 4 N–H and O–H groups in total. The highest BCUT2D eigenvalue weighted by Gasteiger charge is 2.26. The van der Waals surface area contributed by atoms with E-state index in [1.54, 1.807) is 6.92 Å². The van der Waals surface area contributed by atoms with Gasteiger partial charge in [-0.05, 0) is 39.8 Å². The number of ether oxygens (including phenoxy) is 1. The van der Waals surface area contributed by atoms with Crippen molar-refractivity contribution >= 4 is 23.2 Å². The Bertz CT molecular complexity index is 1470. The quantitative estimate of drug-likeness (QED) is 0.384. The zero-order valence-electron chi connectivity index (χ0n) is 20.2. The summed E-state index contributed by atoms with van der Waals surface area (Å²) in [6.45, 7) is 7.87. The maximum Gasteiger partial charge on any atom is 0.256 e. The molecule has 0 aliphatic carbocycles. The lowest BCUT2D eigenvalue weighted by molar-refractivity contribution is 0.0932. The number of rotatable bonds is 1. The van der Waals surface area contributed by atoms with Crippen molar-refractivity contribution in [2.24, 2.45) is 7.05 Å². The van der Waals surface area contributed by atoms with Gasteiger partial charge in [-0.1, -0.05) is 0 Å². The van der Waals surface area contributed by atoms with Crippen LogP contribution in [0.1, 0.15) is 47.2 Å². The molecule has 35 heavy (non-hydrogen) atoms. The molecule has 11 heteroatoms. The number of nitrogen functional groups attached to an aromatic ring is 1. The van der Waals surface area contributed by atoms with Crippen molar-refractivity contribution in [1.29, 1.82) is 0 Å². The summed E-state index contributed by atoms with van der Waals surface area (Å²) in [5.41, 5.74) is 11.3. The molecular formula is C24H27FN8O2. The Morgan fingerprint density at radius 3 is 2.69 bits per heavy atom. The van der Waals surface area contributed by atoms with E-state index < -0.39 is 18.0 Å². The smallest absolute Gasteiger partial charge is 0.256 e. The molecule has 4 aromatic rings. The Morgan fingerprint density at radius 1 is 1.20 bits per heavy atom. The summed E-state index contributed by atoms with van der Waals surface area (Å²) < 4.78 is 23.7. The number of fused-ring (bicyclic) bond motifs is 2. The topological polar surface area (TPSA) is 124 Å². The molecule has 5 rings (SSSR count). The maximum absolute atomic E-state index is 14.2. The second-order valence-electron chi connectivity index (χ2n) is 8.91. The molecule has 2 unspecified atom stereocenters. The fraction of sp³-hybridized carbons (Fsp3) is 0.333. The van der Waals surface area contributed by atoms with Gasteiger partial charge < -0.3 is 25.7 Å². The van der Waals surface area contributed by atoms with Gasteiger partial charge in [0, 0.05) is 29.6 Å². The molecule has 0 saturated carbocycles. The first-order chi connectivity index (χ1) is 16.7. The molecule has 0 radical (unpaired) electrons. The predicted octanol–water partition coefficient (Wildman–Crippen LogP) is 3.15. The fourth-order valence-corrected chi connectivity index (χ4v) is 4.35. The van der Waals surface area contributed by atoms with Crippen LogP contribution < -0.4 is 21.1 Å². The number of aryl methyl sites for hydroxylation is 1. The molecule has 2 atom stereocenters. The van der Waals surface area contributed by atoms with E-state index in [0.717, 1.165) is 23.1 Å². The zero-order valence-corrected chi connectivity index (χ0v) is 20.2. The van der Waals surface area contributed by atoms with E-state index >= 15 is 0 Å². The van der Waals surface area contributed by atoms with Gasteiger partial charge >= 0.3 is 0 Å². The van der Waals surface area contributed by atoms with Crippen LogP contribution in [0.3, 0.4) is 0 Å². The average Bonchev–Trinajstić information content (AvgIpc) is 3.35. The maximum atomic E-state index is 14.2. The number of anilines is 2. The number of hydrogen-bond acceptors (Lipinski definition) is 7. The molecule has 4 aromatic heterocycles.